The van der Waals surface area contributed by atoms with E-state index in [1.807, 2.05) is 5.51 Å². The van der Waals surface area contributed by atoms with Gasteiger partial charge in [-0.25, -0.2) is 4.98 Å². The van der Waals surface area contributed by atoms with Crippen LogP contribution in [0, 0.1) is 6.92 Å². The van der Waals surface area contributed by atoms with Crippen molar-refractivity contribution in [2.45, 2.75) is 51.7 Å². The van der Waals surface area contributed by atoms with Gasteiger partial charge >= 0.3 is 0 Å². The molecular weight excluding hydrogens is 230 g/mol. The van der Waals surface area contributed by atoms with Crippen molar-refractivity contribution in [1.82, 2.24) is 15.2 Å². The molecule has 1 fully saturated rings. The lowest BCUT2D eigenvalue weighted by molar-refractivity contribution is 0.237. The molecule has 96 valence electrons. The second-order valence-electron chi connectivity index (χ2n) is 5.18. The van der Waals surface area contributed by atoms with Crippen LogP contribution in [0.25, 0.3) is 0 Å². The van der Waals surface area contributed by atoms with Gasteiger partial charge in [-0.05, 0) is 40.7 Å². The Morgan fingerprint density at radius 2 is 2.24 bits per heavy atom. The third-order valence-corrected chi connectivity index (χ3v) is 4.83. The highest BCUT2D eigenvalue weighted by atomic mass is 32.1. The second kappa shape index (κ2) is 5.46. The van der Waals surface area contributed by atoms with Crippen LogP contribution >= 0.6 is 11.3 Å². The van der Waals surface area contributed by atoms with Crippen LogP contribution in [0.2, 0.25) is 0 Å². The Labute approximate surface area is 108 Å². The van der Waals surface area contributed by atoms with Gasteiger partial charge in [0.1, 0.15) is 0 Å². The summed E-state index contributed by atoms with van der Waals surface area (Å²) in [6.45, 7) is 7.66. The quantitative estimate of drug-likeness (QED) is 0.844. The lowest BCUT2D eigenvalue weighted by Gasteiger charge is -2.26. The van der Waals surface area contributed by atoms with Gasteiger partial charge in [-0.15, -0.1) is 11.3 Å². The molecule has 1 aromatic heterocycles. The van der Waals surface area contributed by atoms with Crippen molar-refractivity contribution in [3.63, 3.8) is 0 Å². The van der Waals surface area contributed by atoms with Gasteiger partial charge in [0.2, 0.25) is 0 Å². The highest BCUT2D eigenvalue weighted by Gasteiger charge is 2.29. The number of thiazole rings is 1. The molecule has 17 heavy (non-hydrogen) atoms. The molecule has 1 N–H and O–H groups in total. The Hall–Kier alpha value is -0.450. The van der Waals surface area contributed by atoms with Crippen molar-refractivity contribution in [2.24, 2.45) is 0 Å². The predicted molar refractivity (Wildman–Crippen MR) is 73.5 cm³/mol. The molecule has 0 spiro atoms. The zero-order valence-electron chi connectivity index (χ0n) is 11.2. The van der Waals surface area contributed by atoms with Crippen LogP contribution in [0.3, 0.4) is 0 Å². The Morgan fingerprint density at radius 1 is 1.53 bits per heavy atom. The predicted octanol–water partition coefficient (Wildman–Crippen LogP) is 2.58. The molecule has 1 aliphatic carbocycles. The molecule has 2 rings (SSSR count). The van der Waals surface area contributed by atoms with Crippen LogP contribution < -0.4 is 5.32 Å². The van der Waals surface area contributed by atoms with Crippen LogP contribution in [-0.4, -0.2) is 35.6 Å². The maximum absolute atomic E-state index is 4.31. The fourth-order valence-electron chi connectivity index (χ4n) is 2.15. The van der Waals surface area contributed by atoms with Crippen molar-refractivity contribution < 1.29 is 0 Å². The fourth-order valence-corrected chi connectivity index (χ4v) is 2.99. The molecular formula is C13H23N3S. The highest BCUT2D eigenvalue weighted by molar-refractivity contribution is 7.09. The number of rotatable bonds is 6. The first-order valence-electron chi connectivity index (χ1n) is 6.45. The van der Waals surface area contributed by atoms with E-state index in [0.29, 0.717) is 12.1 Å². The molecule has 2 unspecified atom stereocenters. The minimum atomic E-state index is 0.414. The molecule has 0 saturated heterocycles. The van der Waals surface area contributed by atoms with Gasteiger partial charge in [0.25, 0.3) is 0 Å². The van der Waals surface area contributed by atoms with E-state index in [1.54, 1.807) is 11.3 Å². The minimum absolute atomic E-state index is 0.414. The number of nitrogens with one attached hydrogen (secondary N) is 1. The van der Waals surface area contributed by atoms with Crippen molar-refractivity contribution in [1.29, 1.82) is 0 Å². The lowest BCUT2D eigenvalue weighted by Crippen LogP contribution is -2.39. The number of likely N-dealkylation sites (N-methyl/N-ethyl adjacent to an activating group) is 1. The van der Waals surface area contributed by atoms with Crippen molar-refractivity contribution >= 4 is 11.3 Å². The van der Waals surface area contributed by atoms with E-state index in [0.717, 1.165) is 12.6 Å². The molecule has 2 atom stereocenters. The van der Waals surface area contributed by atoms with Gasteiger partial charge in [0.15, 0.2) is 0 Å². The maximum atomic E-state index is 4.31. The largest absolute Gasteiger partial charge is 0.308 e. The normalized spacial score (nSPS) is 19.6. The molecule has 4 heteroatoms. The molecule has 0 aliphatic heterocycles. The molecule has 0 aromatic carbocycles. The fraction of sp³-hybridized carbons (Fsp3) is 0.769. The molecule has 3 nitrogen and oxygen atoms in total. The highest BCUT2D eigenvalue weighted by Crippen LogP contribution is 2.27. The Bertz CT molecular complexity index is 359. The second-order valence-corrected chi connectivity index (χ2v) is 6.06. The number of nitrogens with zero attached hydrogens (tertiary/aromatic N) is 2. The molecule has 1 aromatic rings. The zero-order chi connectivity index (χ0) is 12.4. The molecule has 0 bridgehead atoms. The van der Waals surface area contributed by atoms with Gasteiger partial charge < -0.3 is 5.32 Å². The minimum Gasteiger partial charge on any atom is -0.308 e. The Kier molecular flexibility index (Phi) is 4.17. The summed E-state index contributed by atoms with van der Waals surface area (Å²) >= 11 is 1.75. The van der Waals surface area contributed by atoms with Gasteiger partial charge in [-0.1, -0.05) is 0 Å². The van der Waals surface area contributed by atoms with Crippen LogP contribution in [0.4, 0.5) is 0 Å². The van der Waals surface area contributed by atoms with E-state index < -0.39 is 0 Å². The van der Waals surface area contributed by atoms with Crippen molar-refractivity contribution in [3.05, 3.63) is 16.1 Å². The van der Waals surface area contributed by atoms with Crippen molar-refractivity contribution in [3.8, 4) is 0 Å². The third kappa shape index (κ3) is 3.27. The summed E-state index contributed by atoms with van der Waals surface area (Å²) in [5, 5.41) is 3.62. The Balaban J connectivity index is 1.79. The van der Waals surface area contributed by atoms with Gasteiger partial charge in [-0.3, -0.25) is 4.90 Å². The van der Waals surface area contributed by atoms with E-state index >= 15 is 0 Å². The Morgan fingerprint density at radius 3 is 2.76 bits per heavy atom. The van der Waals surface area contributed by atoms with Crippen LogP contribution in [0.5, 0.6) is 0 Å². The molecule has 1 aliphatic rings. The van der Waals surface area contributed by atoms with Crippen LogP contribution in [0.15, 0.2) is 5.51 Å². The first-order chi connectivity index (χ1) is 8.09. The third-order valence-electron chi connectivity index (χ3n) is 3.71. The van der Waals surface area contributed by atoms with E-state index in [2.05, 4.69) is 43.0 Å². The summed E-state index contributed by atoms with van der Waals surface area (Å²) in [5.41, 5.74) is 3.10. The summed E-state index contributed by atoms with van der Waals surface area (Å²) in [5.74, 6) is 0. The SMILES string of the molecule is Cc1ncsc1C(C)NCC(C)N(C)C1CC1. The number of aryl methyl sites for hydroxylation is 1. The zero-order valence-corrected chi connectivity index (χ0v) is 12.0. The number of hydrogen-bond acceptors (Lipinski definition) is 4. The van der Waals surface area contributed by atoms with E-state index in [4.69, 9.17) is 0 Å². The lowest BCUT2D eigenvalue weighted by atomic mass is 10.2. The topological polar surface area (TPSA) is 28.2 Å². The van der Waals surface area contributed by atoms with Crippen LogP contribution in [0.1, 0.15) is 43.3 Å². The molecule has 0 radical (unpaired) electrons. The van der Waals surface area contributed by atoms with Gasteiger partial charge in [0, 0.05) is 29.5 Å². The summed E-state index contributed by atoms with van der Waals surface area (Å²) in [7, 11) is 2.24. The van der Waals surface area contributed by atoms with E-state index in [-0.39, 0.29) is 0 Å². The summed E-state index contributed by atoms with van der Waals surface area (Å²) in [4.78, 5) is 8.17. The molecule has 1 saturated carbocycles. The monoisotopic (exact) mass is 253 g/mol. The van der Waals surface area contributed by atoms with Crippen LogP contribution in [-0.2, 0) is 0 Å². The van der Waals surface area contributed by atoms with Gasteiger partial charge in [0.05, 0.1) is 11.2 Å². The van der Waals surface area contributed by atoms with Gasteiger partial charge in [-0.2, -0.15) is 0 Å². The molecule has 0 amide bonds. The van der Waals surface area contributed by atoms with E-state index in [9.17, 15) is 0 Å². The number of aromatic nitrogens is 1. The smallest absolute Gasteiger partial charge is 0.0798 e. The van der Waals surface area contributed by atoms with Crippen molar-refractivity contribution in [2.75, 3.05) is 13.6 Å². The summed E-state index contributed by atoms with van der Waals surface area (Å²) < 4.78 is 0. The number of hydrogen-bond donors (Lipinski definition) is 1. The first-order valence-corrected chi connectivity index (χ1v) is 7.33. The molecule has 1 heterocycles. The summed E-state index contributed by atoms with van der Waals surface area (Å²) in [6.07, 6.45) is 2.76. The average Bonchev–Trinajstić information content (AvgIpc) is 3.07. The standard InChI is InChI=1S/C13H23N3S/c1-9(16(4)12-5-6-12)7-14-10(2)13-11(3)15-8-17-13/h8-10,12,14H,5-7H2,1-4H3. The summed E-state index contributed by atoms with van der Waals surface area (Å²) in [6, 6.07) is 1.86. The average molecular weight is 253 g/mol. The maximum Gasteiger partial charge on any atom is 0.0798 e. The van der Waals surface area contributed by atoms with E-state index in [1.165, 1.54) is 23.4 Å². The first kappa shape index (κ1) is 13.0.